The fraction of sp³-hybridized carbons (Fsp3) is 0.421. The fourth-order valence-electron chi connectivity index (χ4n) is 2.26. The lowest BCUT2D eigenvalue weighted by atomic mass is 9.88. The van der Waals surface area contributed by atoms with Gasteiger partial charge in [-0.2, -0.15) is 13.2 Å². The number of pyridine rings is 1. The maximum atomic E-state index is 12.4. The van der Waals surface area contributed by atoms with Crippen molar-refractivity contribution in [3.05, 3.63) is 53.7 Å². The van der Waals surface area contributed by atoms with Gasteiger partial charge in [-0.1, -0.05) is 32.9 Å². The molecule has 0 amide bonds. The molecule has 0 unspecified atom stereocenters. The standard InChI is InChI=1S/C19H22F3NO2/c1-18(2,3)12-14-4-7-16(8-5-14)24-10-11-25-17-9-6-15(13-23-17)19(20,21)22/h4-9,13H,10-12H2,1-3H3. The van der Waals surface area contributed by atoms with E-state index in [-0.39, 0.29) is 24.5 Å². The Kier molecular flexibility index (Phi) is 5.93. The first kappa shape index (κ1) is 19.1. The second-order valence-corrected chi connectivity index (χ2v) is 6.96. The summed E-state index contributed by atoms with van der Waals surface area (Å²) in [6, 6.07) is 9.99. The van der Waals surface area contributed by atoms with Gasteiger partial charge < -0.3 is 9.47 Å². The Morgan fingerprint density at radius 1 is 0.880 bits per heavy atom. The minimum absolute atomic E-state index is 0.136. The van der Waals surface area contributed by atoms with E-state index < -0.39 is 11.7 Å². The van der Waals surface area contributed by atoms with E-state index in [1.54, 1.807) is 0 Å². The average Bonchev–Trinajstić information content (AvgIpc) is 2.51. The molecule has 6 heteroatoms. The summed E-state index contributed by atoms with van der Waals surface area (Å²) in [6.07, 6.45) is -2.66. The third kappa shape index (κ3) is 6.64. The number of hydrogen-bond donors (Lipinski definition) is 0. The van der Waals surface area contributed by atoms with E-state index in [1.807, 2.05) is 24.3 Å². The van der Waals surface area contributed by atoms with Crippen LogP contribution < -0.4 is 9.47 Å². The number of hydrogen-bond acceptors (Lipinski definition) is 3. The summed E-state index contributed by atoms with van der Waals surface area (Å²) in [6.45, 7) is 7.03. The zero-order valence-electron chi connectivity index (χ0n) is 14.6. The Bertz CT molecular complexity index is 659. The first-order chi connectivity index (χ1) is 11.6. The maximum absolute atomic E-state index is 12.4. The Morgan fingerprint density at radius 3 is 2.04 bits per heavy atom. The summed E-state index contributed by atoms with van der Waals surface area (Å²) in [5.41, 5.74) is 0.668. The zero-order chi connectivity index (χ0) is 18.5. The number of benzene rings is 1. The summed E-state index contributed by atoms with van der Waals surface area (Å²) in [7, 11) is 0. The lowest BCUT2D eigenvalue weighted by molar-refractivity contribution is -0.137. The van der Waals surface area contributed by atoms with E-state index in [9.17, 15) is 13.2 Å². The van der Waals surface area contributed by atoms with Crippen molar-refractivity contribution in [1.29, 1.82) is 0 Å². The van der Waals surface area contributed by atoms with E-state index in [0.717, 1.165) is 24.4 Å². The van der Waals surface area contributed by atoms with Crippen LogP contribution in [-0.2, 0) is 12.6 Å². The topological polar surface area (TPSA) is 31.4 Å². The molecule has 0 radical (unpaired) electrons. The van der Waals surface area contributed by atoms with Crippen LogP contribution in [-0.4, -0.2) is 18.2 Å². The minimum Gasteiger partial charge on any atom is -0.490 e. The van der Waals surface area contributed by atoms with Gasteiger partial charge in [0.15, 0.2) is 0 Å². The third-order valence-electron chi connectivity index (χ3n) is 3.32. The van der Waals surface area contributed by atoms with Crippen LogP contribution in [0.4, 0.5) is 13.2 Å². The van der Waals surface area contributed by atoms with Crippen LogP contribution in [0.2, 0.25) is 0 Å². The van der Waals surface area contributed by atoms with Gasteiger partial charge in [0.1, 0.15) is 19.0 Å². The van der Waals surface area contributed by atoms with E-state index in [0.29, 0.717) is 0 Å². The lowest BCUT2D eigenvalue weighted by Crippen LogP contribution is -2.11. The summed E-state index contributed by atoms with van der Waals surface area (Å²) in [4.78, 5) is 3.64. The van der Waals surface area contributed by atoms with Gasteiger partial charge in [-0.15, -0.1) is 0 Å². The van der Waals surface area contributed by atoms with Gasteiger partial charge >= 0.3 is 6.18 Å². The molecule has 0 saturated carbocycles. The molecule has 0 aliphatic heterocycles. The summed E-state index contributed by atoms with van der Waals surface area (Å²) in [5, 5.41) is 0. The van der Waals surface area contributed by atoms with Crippen molar-refractivity contribution in [2.75, 3.05) is 13.2 Å². The molecule has 0 bridgehead atoms. The van der Waals surface area contributed by atoms with Crippen molar-refractivity contribution < 1.29 is 22.6 Å². The summed E-state index contributed by atoms with van der Waals surface area (Å²) >= 11 is 0. The number of rotatable bonds is 6. The normalized spacial score (nSPS) is 12.1. The first-order valence-electron chi connectivity index (χ1n) is 8.01. The van der Waals surface area contributed by atoms with Gasteiger partial charge in [-0.25, -0.2) is 4.98 Å². The molecule has 2 aromatic rings. The van der Waals surface area contributed by atoms with Crippen molar-refractivity contribution >= 4 is 0 Å². The monoisotopic (exact) mass is 353 g/mol. The van der Waals surface area contributed by atoms with E-state index >= 15 is 0 Å². The predicted octanol–water partition coefficient (Wildman–Crippen LogP) is 5.15. The van der Waals surface area contributed by atoms with Crippen LogP contribution in [0.15, 0.2) is 42.6 Å². The highest BCUT2D eigenvalue weighted by atomic mass is 19.4. The molecule has 0 N–H and O–H groups in total. The Labute approximate surface area is 145 Å². The quantitative estimate of drug-likeness (QED) is 0.673. The molecule has 0 fully saturated rings. The van der Waals surface area contributed by atoms with Gasteiger partial charge in [0.25, 0.3) is 0 Å². The van der Waals surface area contributed by atoms with E-state index in [4.69, 9.17) is 9.47 Å². The molecule has 0 aliphatic carbocycles. The highest BCUT2D eigenvalue weighted by Crippen LogP contribution is 2.29. The van der Waals surface area contributed by atoms with Crippen LogP contribution in [0, 0.1) is 5.41 Å². The molecule has 136 valence electrons. The largest absolute Gasteiger partial charge is 0.490 e. The molecule has 1 aromatic heterocycles. The average molecular weight is 353 g/mol. The number of nitrogens with zero attached hydrogens (tertiary/aromatic N) is 1. The fourth-order valence-corrected chi connectivity index (χ4v) is 2.26. The molecule has 2 rings (SSSR count). The Balaban J connectivity index is 1.76. The SMILES string of the molecule is CC(C)(C)Cc1ccc(OCCOc2ccc(C(F)(F)F)cn2)cc1. The zero-order valence-corrected chi connectivity index (χ0v) is 14.6. The molecular formula is C19H22F3NO2. The van der Waals surface area contributed by atoms with Crippen LogP contribution in [0.1, 0.15) is 31.9 Å². The van der Waals surface area contributed by atoms with Crippen molar-refractivity contribution in [1.82, 2.24) is 4.98 Å². The molecular weight excluding hydrogens is 331 g/mol. The number of alkyl halides is 3. The van der Waals surface area contributed by atoms with Gasteiger partial charge in [-0.3, -0.25) is 0 Å². The van der Waals surface area contributed by atoms with Crippen LogP contribution in [0.5, 0.6) is 11.6 Å². The second kappa shape index (κ2) is 7.76. The van der Waals surface area contributed by atoms with Crippen LogP contribution in [0.25, 0.3) is 0 Å². The number of halogens is 3. The lowest BCUT2D eigenvalue weighted by Gasteiger charge is -2.18. The summed E-state index contributed by atoms with van der Waals surface area (Å²) < 4.78 is 48.1. The van der Waals surface area contributed by atoms with Crippen LogP contribution in [0.3, 0.4) is 0 Å². The Hall–Kier alpha value is -2.24. The van der Waals surface area contributed by atoms with Gasteiger partial charge in [-0.05, 0) is 35.6 Å². The molecule has 0 saturated heterocycles. The molecule has 3 nitrogen and oxygen atoms in total. The second-order valence-electron chi connectivity index (χ2n) is 6.96. The molecule has 0 atom stereocenters. The smallest absolute Gasteiger partial charge is 0.417 e. The highest BCUT2D eigenvalue weighted by molar-refractivity contribution is 5.27. The molecule has 0 aliphatic rings. The Morgan fingerprint density at radius 2 is 1.52 bits per heavy atom. The minimum atomic E-state index is -4.40. The van der Waals surface area contributed by atoms with Crippen molar-refractivity contribution in [2.45, 2.75) is 33.4 Å². The predicted molar refractivity (Wildman–Crippen MR) is 89.8 cm³/mol. The van der Waals surface area contributed by atoms with E-state index in [2.05, 4.69) is 25.8 Å². The van der Waals surface area contributed by atoms with Crippen molar-refractivity contribution in [2.24, 2.45) is 5.41 Å². The molecule has 25 heavy (non-hydrogen) atoms. The van der Waals surface area contributed by atoms with Gasteiger partial charge in [0.2, 0.25) is 5.88 Å². The number of ether oxygens (including phenoxy) is 2. The van der Waals surface area contributed by atoms with E-state index in [1.165, 1.54) is 11.6 Å². The highest BCUT2D eigenvalue weighted by Gasteiger charge is 2.30. The van der Waals surface area contributed by atoms with Crippen LogP contribution >= 0.6 is 0 Å². The summed E-state index contributed by atoms with van der Waals surface area (Å²) in [5.74, 6) is 0.860. The van der Waals surface area contributed by atoms with Gasteiger partial charge in [0, 0.05) is 12.3 Å². The number of aromatic nitrogens is 1. The van der Waals surface area contributed by atoms with Crippen molar-refractivity contribution in [3.63, 3.8) is 0 Å². The molecule has 1 aromatic carbocycles. The molecule has 0 spiro atoms. The van der Waals surface area contributed by atoms with Crippen molar-refractivity contribution in [3.8, 4) is 11.6 Å². The first-order valence-corrected chi connectivity index (χ1v) is 8.01. The third-order valence-corrected chi connectivity index (χ3v) is 3.32. The molecule has 1 heterocycles. The van der Waals surface area contributed by atoms with Gasteiger partial charge in [0.05, 0.1) is 5.56 Å². The maximum Gasteiger partial charge on any atom is 0.417 e.